The number of hydrogen-bond acceptors (Lipinski definition) is 3. The summed E-state index contributed by atoms with van der Waals surface area (Å²) >= 11 is 3.25. The summed E-state index contributed by atoms with van der Waals surface area (Å²) < 4.78 is 19.9. The molecule has 1 aliphatic rings. The zero-order chi connectivity index (χ0) is 17.0. The number of nitrogens with one attached hydrogen (secondary N) is 1. The van der Waals surface area contributed by atoms with Crippen LogP contribution in [0.25, 0.3) is 0 Å². The molecule has 1 aromatic rings. The maximum absolute atomic E-state index is 13.8. The molecule has 1 amide bonds. The van der Waals surface area contributed by atoms with Crippen LogP contribution in [0.3, 0.4) is 0 Å². The van der Waals surface area contributed by atoms with Crippen LogP contribution in [0.1, 0.15) is 33.6 Å². The van der Waals surface area contributed by atoms with E-state index in [1.807, 2.05) is 26.8 Å². The summed E-state index contributed by atoms with van der Waals surface area (Å²) in [4.78, 5) is 13.8. The summed E-state index contributed by atoms with van der Waals surface area (Å²) in [7, 11) is 0. The molecule has 6 heteroatoms. The maximum Gasteiger partial charge on any atom is 0.410 e. The molecule has 1 aromatic carbocycles. The molecular formula is C17H24BrFN2O2. The van der Waals surface area contributed by atoms with Crippen LogP contribution < -0.4 is 5.32 Å². The number of ether oxygens (including phenoxy) is 1. The number of carbonyl (C=O) groups excluding carboxylic acids is 1. The van der Waals surface area contributed by atoms with Gasteiger partial charge in [0.2, 0.25) is 0 Å². The Kier molecular flexibility index (Phi) is 5.89. The van der Waals surface area contributed by atoms with E-state index in [-0.39, 0.29) is 11.9 Å². The number of rotatable bonds is 3. The number of halogens is 2. The summed E-state index contributed by atoms with van der Waals surface area (Å²) in [5.41, 5.74) is 0.0528. The summed E-state index contributed by atoms with van der Waals surface area (Å²) in [5, 5.41) is 3.16. The van der Waals surface area contributed by atoms with Crippen molar-refractivity contribution in [1.82, 2.24) is 4.90 Å². The van der Waals surface area contributed by atoms with Crippen LogP contribution in [0.5, 0.6) is 0 Å². The number of nitrogens with zero attached hydrogens (tertiary/aromatic N) is 1. The number of carbonyl (C=O) groups is 1. The molecule has 0 spiro atoms. The van der Waals surface area contributed by atoms with Crippen LogP contribution in [-0.2, 0) is 4.74 Å². The van der Waals surface area contributed by atoms with Gasteiger partial charge >= 0.3 is 6.09 Å². The molecule has 0 aromatic heterocycles. The topological polar surface area (TPSA) is 41.6 Å². The van der Waals surface area contributed by atoms with Gasteiger partial charge in [-0.1, -0.05) is 15.9 Å². The molecule has 0 atom stereocenters. The highest BCUT2D eigenvalue weighted by molar-refractivity contribution is 9.10. The van der Waals surface area contributed by atoms with E-state index in [4.69, 9.17) is 4.74 Å². The van der Waals surface area contributed by atoms with Crippen molar-refractivity contribution in [3.05, 3.63) is 28.5 Å². The SMILES string of the molecule is CC(C)(C)OC(=O)N1CCC(CNc2ccc(Br)cc2F)CC1. The van der Waals surface area contributed by atoms with Crippen LogP contribution in [0.15, 0.2) is 22.7 Å². The average Bonchev–Trinajstić information content (AvgIpc) is 2.45. The molecule has 1 aliphatic heterocycles. The largest absolute Gasteiger partial charge is 0.444 e. The lowest BCUT2D eigenvalue weighted by Gasteiger charge is -2.33. The normalized spacial score (nSPS) is 16.3. The second kappa shape index (κ2) is 7.51. The van der Waals surface area contributed by atoms with E-state index in [1.165, 1.54) is 6.07 Å². The Morgan fingerprint density at radius 3 is 2.61 bits per heavy atom. The van der Waals surface area contributed by atoms with Gasteiger partial charge in [-0.2, -0.15) is 0 Å². The second-order valence-corrected chi connectivity index (χ2v) is 7.83. The van der Waals surface area contributed by atoms with E-state index in [0.29, 0.717) is 31.2 Å². The van der Waals surface area contributed by atoms with Crippen molar-refractivity contribution in [3.8, 4) is 0 Å². The van der Waals surface area contributed by atoms with Gasteiger partial charge in [-0.25, -0.2) is 9.18 Å². The summed E-state index contributed by atoms with van der Waals surface area (Å²) in [5.74, 6) is 0.169. The molecule has 0 bridgehead atoms. The van der Waals surface area contributed by atoms with Gasteiger partial charge < -0.3 is 15.0 Å². The fraction of sp³-hybridized carbons (Fsp3) is 0.588. The van der Waals surface area contributed by atoms with Crippen LogP contribution >= 0.6 is 15.9 Å². The van der Waals surface area contributed by atoms with Gasteiger partial charge in [-0.05, 0) is 57.7 Å². The van der Waals surface area contributed by atoms with Gasteiger partial charge in [0, 0.05) is 24.1 Å². The van der Waals surface area contributed by atoms with E-state index in [0.717, 1.165) is 17.3 Å². The molecule has 4 nitrogen and oxygen atoms in total. The fourth-order valence-corrected chi connectivity index (χ4v) is 2.87. The predicted molar refractivity (Wildman–Crippen MR) is 93.1 cm³/mol. The zero-order valence-electron chi connectivity index (χ0n) is 13.9. The van der Waals surface area contributed by atoms with Gasteiger partial charge in [0.15, 0.2) is 0 Å². The summed E-state index contributed by atoms with van der Waals surface area (Å²) in [6.07, 6.45) is 1.54. The first-order valence-corrected chi connectivity index (χ1v) is 8.71. The number of benzene rings is 1. The van der Waals surface area contributed by atoms with Crippen molar-refractivity contribution < 1.29 is 13.9 Å². The molecule has 23 heavy (non-hydrogen) atoms. The van der Waals surface area contributed by atoms with Gasteiger partial charge in [0.1, 0.15) is 11.4 Å². The second-order valence-electron chi connectivity index (χ2n) is 6.92. The molecule has 0 unspecified atom stereocenters. The van der Waals surface area contributed by atoms with Crippen LogP contribution in [0.2, 0.25) is 0 Å². The van der Waals surface area contributed by atoms with Crippen LogP contribution in [0, 0.1) is 11.7 Å². The van der Waals surface area contributed by atoms with Crippen molar-refractivity contribution in [2.24, 2.45) is 5.92 Å². The van der Waals surface area contributed by atoms with E-state index in [9.17, 15) is 9.18 Å². The molecule has 1 N–H and O–H groups in total. The Labute approximate surface area is 145 Å². The Balaban J connectivity index is 1.77. The molecule has 0 aliphatic carbocycles. The lowest BCUT2D eigenvalue weighted by Crippen LogP contribution is -2.42. The van der Waals surface area contributed by atoms with Crippen molar-refractivity contribution in [1.29, 1.82) is 0 Å². The first kappa shape index (κ1) is 18.0. The summed E-state index contributed by atoms with van der Waals surface area (Å²) in [6, 6.07) is 5.00. The number of piperidine rings is 1. The highest BCUT2D eigenvalue weighted by Crippen LogP contribution is 2.23. The standard InChI is InChI=1S/C17H24BrFN2O2/c1-17(2,3)23-16(22)21-8-6-12(7-9-21)11-20-15-5-4-13(18)10-14(15)19/h4-5,10,12,20H,6-9,11H2,1-3H3. The van der Waals surface area contributed by atoms with E-state index >= 15 is 0 Å². The van der Waals surface area contributed by atoms with Crippen molar-refractivity contribution in [3.63, 3.8) is 0 Å². The van der Waals surface area contributed by atoms with Crippen molar-refractivity contribution in [2.75, 3.05) is 25.0 Å². The Bertz CT molecular complexity index is 552. The van der Waals surface area contributed by atoms with E-state index < -0.39 is 5.60 Å². The number of anilines is 1. The molecule has 0 radical (unpaired) electrons. The third-order valence-electron chi connectivity index (χ3n) is 3.78. The lowest BCUT2D eigenvalue weighted by atomic mass is 9.97. The molecule has 1 fully saturated rings. The van der Waals surface area contributed by atoms with Crippen molar-refractivity contribution in [2.45, 2.75) is 39.2 Å². The molecule has 128 valence electrons. The van der Waals surface area contributed by atoms with Gasteiger partial charge in [-0.15, -0.1) is 0 Å². The van der Waals surface area contributed by atoms with Gasteiger partial charge in [0.05, 0.1) is 5.69 Å². The number of likely N-dealkylation sites (tertiary alicyclic amines) is 1. The molecule has 1 heterocycles. The highest BCUT2D eigenvalue weighted by Gasteiger charge is 2.26. The Morgan fingerprint density at radius 1 is 1.39 bits per heavy atom. The van der Waals surface area contributed by atoms with Crippen LogP contribution in [-0.4, -0.2) is 36.2 Å². The lowest BCUT2D eigenvalue weighted by molar-refractivity contribution is 0.0188. The minimum atomic E-state index is -0.464. The van der Waals surface area contributed by atoms with Crippen LogP contribution in [0.4, 0.5) is 14.9 Å². The van der Waals surface area contributed by atoms with E-state index in [2.05, 4.69) is 21.2 Å². The Morgan fingerprint density at radius 2 is 2.04 bits per heavy atom. The number of hydrogen-bond donors (Lipinski definition) is 1. The number of amides is 1. The third kappa shape index (κ3) is 5.68. The van der Waals surface area contributed by atoms with E-state index in [1.54, 1.807) is 11.0 Å². The zero-order valence-corrected chi connectivity index (χ0v) is 15.5. The minimum Gasteiger partial charge on any atom is -0.444 e. The maximum atomic E-state index is 13.8. The summed E-state index contributed by atoms with van der Waals surface area (Å²) in [6.45, 7) is 7.69. The molecule has 0 saturated carbocycles. The first-order valence-electron chi connectivity index (χ1n) is 7.91. The quantitative estimate of drug-likeness (QED) is 0.821. The average molecular weight is 387 g/mol. The van der Waals surface area contributed by atoms with Gasteiger partial charge in [0.25, 0.3) is 0 Å². The first-order chi connectivity index (χ1) is 10.7. The smallest absolute Gasteiger partial charge is 0.410 e. The highest BCUT2D eigenvalue weighted by atomic mass is 79.9. The fourth-order valence-electron chi connectivity index (χ4n) is 2.53. The monoisotopic (exact) mass is 386 g/mol. The minimum absolute atomic E-state index is 0.247. The van der Waals surface area contributed by atoms with Crippen molar-refractivity contribution >= 4 is 27.7 Å². The molecular weight excluding hydrogens is 363 g/mol. The Hall–Kier alpha value is -1.30. The molecule has 2 rings (SSSR count). The van der Waals surface area contributed by atoms with Gasteiger partial charge in [-0.3, -0.25) is 0 Å². The predicted octanol–water partition coefficient (Wildman–Crippen LogP) is 4.65. The molecule has 1 saturated heterocycles. The third-order valence-corrected chi connectivity index (χ3v) is 4.27.